The maximum absolute atomic E-state index is 12.5. The van der Waals surface area contributed by atoms with Crippen LogP contribution in [0.15, 0.2) is 41.8 Å². The third-order valence-electron chi connectivity index (χ3n) is 2.95. The molecule has 0 N–H and O–H groups in total. The lowest BCUT2D eigenvalue weighted by molar-refractivity contribution is -0.117. The van der Waals surface area contributed by atoms with Gasteiger partial charge in [-0.25, -0.2) is 8.42 Å². The highest BCUT2D eigenvalue weighted by molar-refractivity contribution is 7.89. The van der Waals surface area contributed by atoms with Crippen LogP contribution in [0.4, 0.5) is 0 Å². The van der Waals surface area contributed by atoms with Crippen molar-refractivity contribution in [2.45, 2.75) is 31.6 Å². The lowest BCUT2D eigenvalue weighted by Crippen LogP contribution is -2.33. The first-order valence-corrected chi connectivity index (χ1v) is 7.99. The SMILES string of the molecule is C=CCCN(CCC(C)=O)S(=O)(=O)c1ccc(C)cc1. The van der Waals surface area contributed by atoms with Crippen molar-refractivity contribution in [3.8, 4) is 0 Å². The molecule has 1 aromatic rings. The third kappa shape index (κ3) is 4.58. The fourth-order valence-electron chi connectivity index (χ4n) is 1.73. The molecule has 0 unspecified atom stereocenters. The van der Waals surface area contributed by atoms with Gasteiger partial charge in [-0.05, 0) is 32.4 Å². The highest BCUT2D eigenvalue weighted by Gasteiger charge is 2.23. The summed E-state index contributed by atoms with van der Waals surface area (Å²) in [6, 6.07) is 6.73. The van der Waals surface area contributed by atoms with E-state index in [0.717, 1.165) is 5.56 Å². The number of sulfonamides is 1. The number of benzene rings is 1. The normalized spacial score (nSPS) is 11.6. The monoisotopic (exact) mass is 295 g/mol. The zero-order valence-electron chi connectivity index (χ0n) is 12.0. The number of carbonyl (C=O) groups is 1. The van der Waals surface area contributed by atoms with Crippen LogP contribution in [0, 0.1) is 6.92 Å². The predicted molar refractivity (Wildman–Crippen MR) is 80.0 cm³/mol. The number of hydrogen-bond acceptors (Lipinski definition) is 3. The van der Waals surface area contributed by atoms with E-state index in [4.69, 9.17) is 0 Å². The van der Waals surface area contributed by atoms with E-state index in [9.17, 15) is 13.2 Å². The maximum Gasteiger partial charge on any atom is 0.243 e. The molecule has 20 heavy (non-hydrogen) atoms. The summed E-state index contributed by atoms with van der Waals surface area (Å²) in [5.41, 5.74) is 1.00. The van der Waals surface area contributed by atoms with Gasteiger partial charge in [-0.15, -0.1) is 6.58 Å². The average molecular weight is 295 g/mol. The fraction of sp³-hybridized carbons (Fsp3) is 0.400. The maximum atomic E-state index is 12.5. The topological polar surface area (TPSA) is 54.5 Å². The van der Waals surface area contributed by atoms with Crippen LogP contribution in [0.5, 0.6) is 0 Å². The van der Waals surface area contributed by atoms with Gasteiger partial charge in [0, 0.05) is 19.5 Å². The van der Waals surface area contributed by atoms with Crippen LogP contribution in [0.3, 0.4) is 0 Å². The molecule has 0 bridgehead atoms. The van der Waals surface area contributed by atoms with Crippen LogP contribution in [0.1, 0.15) is 25.3 Å². The molecule has 0 saturated heterocycles. The van der Waals surface area contributed by atoms with E-state index in [1.807, 2.05) is 6.92 Å². The molecule has 1 rings (SSSR count). The van der Waals surface area contributed by atoms with Gasteiger partial charge >= 0.3 is 0 Å². The van der Waals surface area contributed by atoms with Gasteiger partial charge in [-0.2, -0.15) is 4.31 Å². The smallest absolute Gasteiger partial charge is 0.243 e. The van der Waals surface area contributed by atoms with Gasteiger partial charge in [0.25, 0.3) is 0 Å². The Bertz CT molecular complexity index is 561. The van der Waals surface area contributed by atoms with Gasteiger partial charge in [0.05, 0.1) is 4.90 Å². The number of hydrogen-bond donors (Lipinski definition) is 0. The zero-order chi connectivity index (χ0) is 15.2. The minimum absolute atomic E-state index is 0.0206. The Kier molecular flexibility index (Phi) is 6.10. The quantitative estimate of drug-likeness (QED) is 0.693. The summed E-state index contributed by atoms with van der Waals surface area (Å²) in [7, 11) is -3.55. The zero-order valence-corrected chi connectivity index (χ0v) is 12.8. The van der Waals surface area contributed by atoms with E-state index in [0.29, 0.717) is 13.0 Å². The van der Waals surface area contributed by atoms with E-state index in [2.05, 4.69) is 6.58 Å². The number of ketones is 1. The van der Waals surface area contributed by atoms with Crippen molar-refractivity contribution < 1.29 is 13.2 Å². The molecule has 0 spiro atoms. The lowest BCUT2D eigenvalue weighted by Gasteiger charge is -2.21. The Labute approximate surface area is 121 Å². The molecule has 0 fully saturated rings. The third-order valence-corrected chi connectivity index (χ3v) is 4.87. The summed E-state index contributed by atoms with van der Waals surface area (Å²) in [5.74, 6) is -0.0206. The molecule has 0 radical (unpaired) electrons. The molecule has 4 nitrogen and oxygen atoms in total. The molecule has 5 heteroatoms. The van der Waals surface area contributed by atoms with Gasteiger partial charge in [-0.1, -0.05) is 23.8 Å². The first kappa shape index (κ1) is 16.6. The van der Waals surface area contributed by atoms with Gasteiger partial charge in [0.15, 0.2) is 0 Å². The Morgan fingerprint density at radius 1 is 1.25 bits per heavy atom. The predicted octanol–water partition coefficient (Wildman–Crippen LogP) is 2.54. The first-order chi connectivity index (χ1) is 9.37. The number of Topliss-reactive ketones (excluding diaryl/α,β-unsaturated/α-hetero) is 1. The Morgan fingerprint density at radius 2 is 1.85 bits per heavy atom. The number of carbonyl (C=O) groups excluding carboxylic acids is 1. The average Bonchev–Trinajstić information content (AvgIpc) is 2.38. The van der Waals surface area contributed by atoms with Crippen molar-refractivity contribution in [2.75, 3.05) is 13.1 Å². The molecule has 0 aromatic heterocycles. The first-order valence-electron chi connectivity index (χ1n) is 6.55. The van der Waals surface area contributed by atoms with E-state index < -0.39 is 10.0 Å². The highest BCUT2D eigenvalue weighted by Crippen LogP contribution is 2.17. The van der Waals surface area contributed by atoms with Gasteiger partial charge in [0.1, 0.15) is 5.78 Å². The second-order valence-electron chi connectivity index (χ2n) is 4.75. The summed E-state index contributed by atoms with van der Waals surface area (Å²) >= 11 is 0. The fourth-order valence-corrected chi connectivity index (χ4v) is 3.18. The standard InChI is InChI=1S/C15H21NO3S/c1-4-5-11-16(12-10-14(3)17)20(18,19)15-8-6-13(2)7-9-15/h4,6-9H,1,5,10-12H2,2-3H3. The summed E-state index contributed by atoms with van der Waals surface area (Å²) in [6.45, 7) is 7.52. The van der Waals surface area contributed by atoms with Gasteiger partial charge < -0.3 is 0 Å². The van der Waals surface area contributed by atoms with Crippen molar-refractivity contribution in [2.24, 2.45) is 0 Å². The van der Waals surface area contributed by atoms with Crippen LogP contribution in [-0.4, -0.2) is 31.6 Å². The van der Waals surface area contributed by atoms with Crippen molar-refractivity contribution >= 4 is 15.8 Å². The summed E-state index contributed by atoms with van der Waals surface area (Å²) in [6.07, 6.45) is 2.46. The van der Waals surface area contributed by atoms with Crippen LogP contribution < -0.4 is 0 Å². The molecule has 1 aromatic carbocycles. The molecule has 0 aliphatic rings. The molecular formula is C15H21NO3S. The van der Waals surface area contributed by atoms with Crippen molar-refractivity contribution in [1.29, 1.82) is 0 Å². The molecule has 0 atom stereocenters. The summed E-state index contributed by atoms with van der Waals surface area (Å²) in [5, 5.41) is 0. The molecule has 0 aliphatic heterocycles. The van der Waals surface area contributed by atoms with Crippen LogP contribution >= 0.6 is 0 Å². The summed E-state index contributed by atoms with van der Waals surface area (Å²) in [4.78, 5) is 11.3. The molecule has 110 valence electrons. The minimum atomic E-state index is -3.55. The molecule has 0 saturated carbocycles. The van der Waals surface area contributed by atoms with Gasteiger partial charge in [0.2, 0.25) is 10.0 Å². The summed E-state index contributed by atoms with van der Waals surface area (Å²) < 4.78 is 26.4. The van der Waals surface area contributed by atoms with Crippen molar-refractivity contribution in [3.63, 3.8) is 0 Å². The Balaban J connectivity index is 2.99. The van der Waals surface area contributed by atoms with E-state index in [1.54, 1.807) is 30.3 Å². The molecule has 0 amide bonds. The minimum Gasteiger partial charge on any atom is -0.300 e. The lowest BCUT2D eigenvalue weighted by atomic mass is 10.2. The van der Waals surface area contributed by atoms with Gasteiger partial charge in [-0.3, -0.25) is 4.79 Å². The number of aryl methyl sites for hydroxylation is 1. The van der Waals surface area contributed by atoms with E-state index >= 15 is 0 Å². The van der Waals surface area contributed by atoms with Crippen molar-refractivity contribution in [1.82, 2.24) is 4.31 Å². The van der Waals surface area contributed by atoms with E-state index in [1.165, 1.54) is 11.2 Å². The second-order valence-corrected chi connectivity index (χ2v) is 6.68. The van der Waals surface area contributed by atoms with Crippen molar-refractivity contribution in [3.05, 3.63) is 42.5 Å². The highest BCUT2D eigenvalue weighted by atomic mass is 32.2. The number of rotatable bonds is 8. The Hall–Kier alpha value is -1.46. The molecular weight excluding hydrogens is 274 g/mol. The van der Waals surface area contributed by atoms with Crippen LogP contribution in [0.25, 0.3) is 0 Å². The van der Waals surface area contributed by atoms with Crippen LogP contribution in [0.2, 0.25) is 0 Å². The largest absolute Gasteiger partial charge is 0.300 e. The molecule has 0 aliphatic carbocycles. The van der Waals surface area contributed by atoms with E-state index in [-0.39, 0.29) is 23.6 Å². The second kappa shape index (κ2) is 7.36. The number of nitrogens with zero attached hydrogens (tertiary/aromatic N) is 1. The Morgan fingerprint density at radius 3 is 2.35 bits per heavy atom. The molecule has 0 heterocycles. The van der Waals surface area contributed by atoms with Crippen LogP contribution in [-0.2, 0) is 14.8 Å².